The number of carbonyl (C=O) groups excluding carboxylic acids is 1. The number of benzene rings is 1. The monoisotopic (exact) mass is 302 g/mol. The number of alkyl halides is 3. The SMILES string of the molecule is NC(=O)CC[C@H]1CN(c2ccc(C(F)(F)F)cc2)CCO1. The molecule has 2 N–H and O–H groups in total. The lowest BCUT2D eigenvalue weighted by atomic mass is 10.1. The summed E-state index contributed by atoms with van der Waals surface area (Å²) in [6, 6.07) is 5.06. The number of rotatable bonds is 4. The second-order valence-electron chi connectivity index (χ2n) is 4.99. The molecular weight excluding hydrogens is 285 g/mol. The summed E-state index contributed by atoms with van der Waals surface area (Å²) in [4.78, 5) is 12.7. The third-order valence-electron chi connectivity index (χ3n) is 3.41. The highest BCUT2D eigenvalue weighted by Crippen LogP contribution is 2.31. The molecule has 21 heavy (non-hydrogen) atoms. The van der Waals surface area contributed by atoms with Gasteiger partial charge in [0.25, 0.3) is 0 Å². The molecule has 1 atom stereocenters. The van der Waals surface area contributed by atoms with Crippen molar-refractivity contribution in [3.63, 3.8) is 0 Å². The van der Waals surface area contributed by atoms with Gasteiger partial charge < -0.3 is 15.4 Å². The second-order valence-corrected chi connectivity index (χ2v) is 4.99. The molecule has 4 nitrogen and oxygen atoms in total. The van der Waals surface area contributed by atoms with E-state index >= 15 is 0 Å². The van der Waals surface area contributed by atoms with E-state index in [0.29, 0.717) is 26.1 Å². The van der Waals surface area contributed by atoms with Crippen LogP contribution in [0, 0.1) is 0 Å². The number of halogens is 3. The summed E-state index contributed by atoms with van der Waals surface area (Å²) in [6.07, 6.45) is -3.69. The van der Waals surface area contributed by atoms with Crippen LogP contribution in [0.2, 0.25) is 0 Å². The van der Waals surface area contributed by atoms with E-state index in [-0.39, 0.29) is 18.4 Å². The first kappa shape index (κ1) is 15.6. The highest BCUT2D eigenvalue weighted by molar-refractivity contribution is 5.73. The Balaban J connectivity index is 1.99. The summed E-state index contributed by atoms with van der Waals surface area (Å²) in [7, 11) is 0. The lowest BCUT2D eigenvalue weighted by Gasteiger charge is -2.34. The fraction of sp³-hybridized carbons (Fsp3) is 0.500. The van der Waals surface area contributed by atoms with Gasteiger partial charge in [-0.2, -0.15) is 13.2 Å². The number of amides is 1. The van der Waals surface area contributed by atoms with E-state index < -0.39 is 11.7 Å². The van der Waals surface area contributed by atoms with Crippen LogP contribution in [0.4, 0.5) is 18.9 Å². The fourth-order valence-corrected chi connectivity index (χ4v) is 2.29. The van der Waals surface area contributed by atoms with Gasteiger partial charge >= 0.3 is 6.18 Å². The van der Waals surface area contributed by atoms with Crippen LogP contribution in [0.3, 0.4) is 0 Å². The van der Waals surface area contributed by atoms with Crippen LogP contribution in [0.15, 0.2) is 24.3 Å². The van der Waals surface area contributed by atoms with E-state index in [2.05, 4.69) is 0 Å². The number of morpholine rings is 1. The highest BCUT2D eigenvalue weighted by atomic mass is 19.4. The summed E-state index contributed by atoms with van der Waals surface area (Å²) in [6.45, 7) is 1.63. The molecule has 0 unspecified atom stereocenters. The lowest BCUT2D eigenvalue weighted by molar-refractivity contribution is -0.137. The smallest absolute Gasteiger partial charge is 0.375 e. The van der Waals surface area contributed by atoms with Gasteiger partial charge in [0.2, 0.25) is 5.91 Å². The third-order valence-corrected chi connectivity index (χ3v) is 3.41. The van der Waals surface area contributed by atoms with Gasteiger partial charge in [-0.05, 0) is 30.7 Å². The number of carbonyl (C=O) groups is 1. The zero-order valence-electron chi connectivity index (χ0n) is 11.4. The summed E-state index contributed by atoms with van der Waals surface area (Å²) < 4.78 is 43.1. The minimum absolute atomic E-state index is 0.131. The minimum Gasteiger partial charge on any atom is -0.375 e. The average Bonchev–Trinajstić information content (AvgIpc) is 2.45. The molecule has 0 saturated carbocycles. The van der Waals surface area contributed by atoms with Gasteiger partial charge in [-0.15, -0.1) is 0 Å². The first-order valence-corrected chi connectivity index (χ1v) is 6.68. The van der Waals surface area contributed by atoms with E-state index in [1.54, 1.807) is 0 Å². The van der Waals surface area contributed by atoms with Gasteiger partial charge in [0.1, 0.15) is 0 Å². The Hall–Kier alpha value is -1.76. The molecule has 1 fully saturated rings. The van der Waals surface area contributed by atoms with Gasteiger partial charge in [-0.3, -0.25) is 4.79 Å². The molecule has 1 aromatic carbocycles. The van der Waals surface area contributed by atoms with E-state index in [0.717, 1.165) is 17.8 Å². The van der Waals surface area contributed by atoms with E-state index in [4.69, 9.17) is 10.5 Å². The van der Waals surface area contributed by atoms with Crippen molar-refractivity contribution in [2.45, 2.75) is 25.1 Å². The van der Waals surface area contributed by atoms with Crippen molar-refractivity contribution >= 4 is 11.6 Å². The number of nitrogens with two attached hydrogens (primary N) is 1. The van der Waals surface area contributed by atoms with Crippen molar-refractivity contribution in [2.75, 3.05) is 24.6 Å². The molecule has 0 aliphatic carbocycles. The van der Waals surface area contributed by atoms with Crippen molar-refractivity contribution in [3.05, 3.63) is 29.8 Å². The van der Waals surface area contributed by atoms with Crippen LogP contribution in [0.25, 0.3) is 0 Å². The van der Waals surface area contributed by atoms with Crippen LogP contribution in [-0.2, 0) is 15.7 Å². The predicted octanol–water partition coefficient (Wildman–Crippen LogP) is 2.18. The number of ether oxygens (including phenoxy) is 1. The molecule has 1 aromatic rings. The molecule has 1 aliphatic heterocycles. The van der Waals surface area contributed by atoms with Crippen molar-refractivity contribution in [3.8, 4) is 0 Å². The Morgan fingerprint density at radius 3 is 2.57 bits per heavy atom. The number of hydrogen-bond donors (Lipinski definition) is 1. The summed E-state index contributed by atoms with van der Waals surface area (Å²) in [5.41, 5.74) is 5.15. The van der Waals surface area contributed by atoms with E-state index in [1.807, 2.05) is 4.90 Å². The van der Waals surface area contributed by atoms with Crippen LogP contribution in [0.5, 0.6) is 0 Å². The zero-order chi connectivity index (χ0) is 15.5. The number of hydrogen-bond acceptors (Lipinski definition) is 3. The maximum absolute atomic E-state index is 12.5. The highest BCUT2D eigenvalue weighted by Gasteiger charge is 2.30. The molecule has 0 spiro atoms. The van der Waals surface area contributed by atoms with Crippen LogP contribution >= 0.6 is 0 Å². The largest absolute Gasteiger partial charge is 0.416 e. The molecule has 0 bridgehead atoms. The first-order chi connectivity index (χ1) is 9.86. The van der Waals surface area contributed by atoms with E-state index in [9.17, 15) is 18.0 Å². The van der Waals surface area contributed by atoms with E-state index in [1.165, 1.54) is 12.1 Å². The van der Waals surface area contributed by atoms with Crippen molar-refractivity contribution in [1.82, 2.24) is 0 Å². The summed E-state index contributed by atoms with van der Waals surface area (Å²) in [5, 5.41) is 0. The average molecular weight is 302 g/mol. The van der Waals surface area contributed by atoms with Crippen LogP contribution < -0.4 is 10.6 Å². The Kier molecular flexibility index (Phi) is 4.72. The number of primary amides is 1. The third kappa shape index (κ3) is 4.35. The second kappa shape index (κ2) is 6.34. The molecule has 1 amide bonds. The Morgan fingerprint density at radius 1 is 1.33 bits per heavy atom. The fourth-order valence-electron chi connectivity index (χ4n) is 2.29. The zero-order valence-corrected chi connectivity index (χ0v) is 11.4. The summed E-state index contributed by atoms with van der Waals surface area (Å²) in [5.74, 6) is -0.384. The Bertz CT molecular complexity index is 488. The molecule has 1 heterocycles. The molecule has 1 saturated heterocycles. The van der Waals surface area contributed by atoms with Crippen molar-refractivity contribution < 1.29 is 22.7 Å². The maximum Gasteiger partial charge on any atom is 0.416 e. The molecule has 1 aliphatic rings. The normalized spacial score (nSPS) is 19.6. The first-order valence-electron chi connectivity index (χ1n) is 6.68. The molecule has 116 valence electrons. The number of nitrogens with zero attached hydrogens (tertiary/aromatic N) is 1. The van der Waals surface area contributed by atoms with Gasteiger partial charge in [0.05, 0.1) is 18.3 Å². The van der Waals surface area contributed by atoms with Crippen molar-refractivity contribution in [1.29, 1.82) is 0 Å². The molecular formula is C14H17F3N2O2. The standard InChI is InChI=1S/C14H17F3N2O2/c15-14(16,17)10-1-3-11(4-2-10)19-7-8-21-12(9-19)5-6-13(18)20/h1-4,12H,5-9H2,(H2,18,20)/t12-/m0/s1. The number of anilines is 1. The van der Waals surface area contributed by atoms with Gasteiger partial charge in [0, 0.05) is 25.2 Å². The predicted molar refractivity (Wildman–Crippen MR) is 71.8 cm³/mol. The molecule has 7 heteroatoms. The van der Waals surface area contributed by atoms with Crippen LogP contribution in [-0.4, -0.2) is 31.7 Å². The molecule has 0 radical (unpaired) electrons. The molecule has 2 rings (SSSR count). The molecule has 0 aromatic heterocycles. The Labute approximate surface area is 120 Å². The lowest BCUT2D eigenvalue weighted by Crippen LogP contribution is -2.42. The van der Waals surface area contributed by atoms with Gasteiger partial charge in [-0.1, -0.05) is 0 Å². The van der Waals surface area contributed by atoms with Crippen molar-refractivity contribution in [2.24, 2.45) is 5.73 Å². The van der Waals surface area contributed by atoms with Crippen LogP contribution in [0.1, 0.15) is 18.4 Å². The van der Waals surface area contributed by atoms with Gasteiger partial charge in [-0.25, -0.2) is 0 Å². The topological polar surface area (TPSA) is 55.6 Å². The Morgan fingerprint density at radius 2 is 2.00 bits per heavy atom. The summed E-state index contributed by atoms with van der Waals surface area (Å²) >= 11 is 0. The maximum atomic E-state index is 12.5. The minimum atomic E-state index is -4.33. The quantitative estimate of drug-likeness (QED) is 0.927. The van der Waals surface area contributed by atoms with Gasteiger partial charge in [0.15, 0.2) is 0 Å².